The fourth-order valence-corrected chi connectivity index (χ4v) is 2.77. The van der Waals surface area contributed by atoms with Crippen molar-refractivity contribution in [3.05, 3.63) is 59.1 Å². The third-order valence-electron chi connectivity index (χ3n) is 3.58. The summed E-state index contributed by atoms with van der Waals surface area (Å²) < 4.78 is 15.8. The number of halogens is 2. The molecular formula is C16H10ClFN4. The Kier molecular flexibility index (Phi) is 2.84. The Labute approximate surface area is 130 Å². The Bertz CT molecular complexity index is 1030. The Morgan fingerprint density at radius 1 is 1.14 bits per heavy atom. The molecular weight excluding hydrogens is 303 g/mol. The molecule has 3 aromatic heterocycles. The van der Waals surface area contributed by atoms with Gasteiger partial charge >= 0.3 is 0 Å². The van der Waals surface area contributed by atoms with Crippen LogP contribution in [0.4, 0.5) is 4.39 Å². The van der Waals surface area contributed by atoms with Crippen molar-refractivity contribution in [2.75, 3.05) is 0 Å². The van der Waals surface area contributed by atoms with E-state index in [1.54, 1.807) is 6.07 Å². The molecule has 0 saturated carbocycles. The van der Waals surface area contributed by atoms with Crippen LogP contribution in [0.5, 0.6) is 0 Å². The second-order valence-electron chi connectivity index (χ2n) is 5.03. The van der Waals surface area contributed by atoms with Crippen molar-refractivity contribution in [3.63, 3.8) is 0 Å². The first kappa shape index (κ1) is 13.2. The number of aryl methyl sites for hydroxylation is 1. The molecule has 0 spiro atoms. The Balaban J connectivity index is 2.04. The molecule has 0 radical (unpaired) electrons. The average molecular weight is 313 g/mol. The quantitative estimate of drug-likeness (QED) is 0.532. The van der Waals surface area contributed by atoms with Crippen LogP contribution in [0.1, 0.15) is 5.69 Å². The van der Waals surface area contributed by atoms with Crippen molar-refractivity contribution in [3.8, 4) is 11.4 Å². The minimum Gasteiger partial charge on any atom is -0.282 e. The van der Waals surface area contributed by atoms with Crippen molar-refractivity contribution in [2.24, 2.45) is 0 Å². The standard InChI is InChI=1S/C16H10ClFN4/c1-9-12(16-21-20-14-4-2-3-5-22(14)16)7-10-6-11(17)8-13(18)15(10)19-9/h2-8H,1H3. The monoisotopic (exact) mass is 312 g/mol. The van der Waals surface area contributed by atoms with Gasteiger partial charge in [-0.3, -0.25) is 4.40 Å². The van der Waals surface area contributed by atoms with Gasteiger partial charge in [0.2, 0.25) is 0 Å². The van der Waals surface area contributed by atoms with Gasteiger partial charge < -0.3 is 0 Å². The zero-order chi connectivity index (χ0) is 15.3. The van der Waals surface area contributed by atoms with Crippen LogP contribution in [0.3, 0.4) is 0 Å². The molecule has 22 heavy (non-hydrogen) atoms. The largest absolute Gasteiger partial charge is 0.282 e. The van der Waals surface area contributed by atoms with Crippen LogP contribution >= 0.6 is 11.6 Å². The van der Waals surface area contributed by atoms with E-state index in [0.29, 0.717) is 27.4 Å². The van der Waals surface area contributed by atoms with Crippen molar-refractivity contribution in [1.82, 2.24) is 19.6 Å². The molecule has 0 N–H and O–H groups in total. The summed E-state index contributed by atoms with van der Waals surface area (Å²) >= 11 is 5.94. The van der Waals surface area contributed by atoms with Gasteiger partial charge in [0.1, 0.15) is 5.52 Å². The third-order valence-corrected chi connectivity index (χ3v) is 3.80. The van der Waals surface area contributed by atoms with E-state index >= 15 is 0 Å². The predicted molar refractivity (Wildman–Crippen MR) is 83.4 cm³/mol. The van der Waals surface area contributed by atoms with Gasteiger partial charge in [0.15, 0.2) is 17.3 Å². The Morgan fingerprint density at radius 2 is 2.00 bits per heavy atom. The summed E-state index contributed by atoms with van der Waals surface area (Å²) in [5, 5.41) is 9.34. The normalized spacial score (nSPS) is 11.4. The van der Waals surface area contributed by atoms with Gasteiger partial charge in [0.05, 0.1) is 0 Å². The van der Waals surface area contributed by atoms with Gasteiger partial charge in [-0.2, -0.15) is 0 Å². The van der Waals surface area contributed by atoms with Crippen molar-refractivity contribution < 1.29 is 4.39 Å². The van der Waals surface area contributed by atoms with Crippen LogP contribution in [-0.2, 0) is 0 Å². The maximum absolute atomic E-state index is 14.0. The number of pyridine rings is 2. The molecule has 1 aromatic carbocycles. The topological polar surface area (TPSA) is 43.1 Å². The average Bonchev–Trinajstić information content (AvgIpc) is 2.91. The van der Waals surface area contributed by atoms with E-state index in [2.05, 4.69) is 15.2 Å². The van der Waals surface area contributed by atoms with E-state index in [1.165, 1.54) is 6.07 Å². The van der Waals surface area contributed by atoms with Gasteiger partial charge in [-0.15, -0.1) is 10.2 Å². The highest BCUT2D eigenvalue weighted by Gasteiger charge is 2.14. The fourth-order valence-electron chi connectivity index (χ4n) is 2.55. The molecule has 0 unspecified atom stereocenters. The van der Waals surface area contributed by atoms with Crippen LogP contribution in [-0.4, -0.2) is 19.6 Å². The molecule has 0 saturated heterocycles. The lowest BCUT2D eigenvalue weighted by molar-refractivity contribution is 0.636. The van der Waals surface area contributed by atoms with Crippen molar-refractivity contribution >= 4 is 28.2 Å². The smallest absolute Gasteiger partial charge is 0.170 e. The molecule has 108 valence electrons. The van der Waals surface area contributed by atoms with Crippen LogP contribution in [0.25, 0.3) is 27.9 Å². The number of nitrogens with zero attached hydrogens (tertiary/aromatic N) is 4. The zero-order valence-corrected chi connectivity index (χ0v) is 12.3. The first-order valence-electron chi connectivity index (χ1n) is 6.70. The van der Waals surface area contributed by atoms with Crippen LogP contribution < -0.4 is 0 Å². The second kappa shape index (κ2) is 4.74. The fraction of sp³-hybridized carbons (Fsp3) is 0.0625. The Hall–Kier alpha value is -2.53. The number of hydrogen-bond donors (Lipinski definition) is 0. The molecule has 0 amide bonds. The minimum absolute atomic E-state index is 0.305. The van der Waals surface area contributed by atoms with Crippen LogP contribution in [0.2, 0.25) is 5.02 Å². The van der Waals surface area contributed by atoms with E-state index in [9.17, 15) is 4.39 Å². The maximum Gasteiger partial charge on any atom is 0.170 e. The molecule has 0 aliphatic carbocycles. The second-order valence-corrected chi connectivity index (χ2v) is 5.47. The van der Waals surface area contributed by atoms with E-state index in [4.69, 9.17) is 11.6 Å². The van der Waals surface area contributed by atoms with E-state index < -0.39 is 5.82 Å². The number of fused-ring (bicyclic) bond motifs is 2. The Morgan fingerprint density at radius 3 is 2.86 bits per heavy atom. The van der Waals surface area contributed by atoms with E-state index in [1.807, 2.05) is 41.8 Å². The first-order valence-corrected chi connectivity index (χ1v) is 7.08. The van der Waals surface area contributed by atoms with Crippen molar-refractivity contribution in [1.29, 1.82) is 0 Å². The summed E-state index contributed by atoms with van der Waals surface area (Å²) in [6.07, 6.45) is 1.88. The predicted octanol–water partition coefficient (Wildman–Crippen LogP) is 4.05. The summed E-state index contributed by atoms with van der Waals surface area (Å²) in [6.45, 7) is 1.83. The molecule has 0 aliphatic heterocycles. The first-order chi connectivity index (χ1) is 10.6. The molecule has 4 nitrogen and oxygen atoms in total. The van der Waals surface area contributed by atoms with Gasteiger partial charge in [-0.05, 0) is 37.3 Å². The minimum atomic E-state index is -0.428. The van der Waals surface area contributed by atoms with Crippen LogP contribution in [0, 0.1) is 12.7 Å². The SMILES string of the molecule is Cc1nc2c(F)cc(Cl)cc2cc1-c1nnc2ccccn12. The highest BCUT2D eigenvalue weighted by Crippen LogP contribution is 2.28. The number of aromatic nitrogens is 4. The van der Waals surface area contributed by atoms with E-state index in [0.717, 1.165) is 11.2 Å². The molecule has 3 heterocycles. The van der Waals surface area contributed by atoms with Gasteiger partial charge in [-0.25, -0.2) is 9.37 Å². The third kappa shape index (κ3) is 1.94. The molecule has 6 heteroatoms. The number of hydrogen-bond acceptors (Lipinski definition) is 3. The summed E-state index contributed by atoms with van der Waals surface area (Å²) in [5.41, 5.74) is 2.54. The molecule has 4 rings (SSSR count). The zero-order valence-electron chi connectivity index (χ0n) is 11.6. The molecule has 0 fully saturated rings. The number of rotatable bonds is 1. The summed E-state index contributed by atoms with van der Waals surface area (Å²) in [7, 11) is 0. The summed E-state index contributed by atoms with van der Waals surface area (Å²) in [6, 6.07) is 10.5. The van der Waals surface area contributed by atoms with Crippen LogP contribution in [0.15, 0.2) is 42.6 Å². The molecule has 0 atom stereocenters. The van der Waals surface area contributed by atoms with E-state index in [-0.39, 0.29) is 0 Å². The summed E-state index contributed by atoms with van der Waals surface area (Å²) in [4.78, 5) is 4.36. The maximum atomic E-state index is 14.0. The lowest BCUT2D eigenvalue weighted by Crippen LogP contribution is -1.96. The summed E-state index contributed by atoms with van der Waals surface area (Å²) in [5.74, 6) is 0.242. The highest BCUT2D eigenvalue weighted by molar-refractivity contribution is 6.31. The molecule has 0 bridgehead atoms. The number of benzene rings is 1. The molecule has 0 aliphatic rings. The van der Waals surface area contributed by atoms with Gasteiger partial charge in [0, 0.05) is 27.9 Å². The lowest BCUT2D eigenvalue weighted by Gasteiger charge is -2.07. The molecule has 4 aromatic rings. The highest BCUT2D eigenvalue weighted by atomic mass is 35.5. The van der Waals surface area contributed by atoms with Gasteiger partial charge in [-0.1, -0.05) is 17.7 Å². The van der Waals surface area contributed by atoms with Gasteiger partial charge in [0.25, 0.3) is 0 Å². The van der Waals surface area contributed by atoms with Crippen molar-refractivity contribution in [2.45, 2.75) is 6.92 Å². The lowest BCUT2D eigenvalue weighted by atomic mass is 10.1.